The molecule has 1 aliphatic rings. The summed E-state index contributed by atoms with van der Waals surface area (Å²) in [5, 5.41) is 0. The highest BCUT2D eigenvalue weighted by Crippen LogP contribution is 2.27. The molecule has 1 aromatic carbocycles. The topological polar surface area (TPSA) is 55.6 Å². The maximum atomic E-state index is 12.2. The van der Waals surface area contributed by atoms with Gasteiger partial charge in [0.25, 0.3) is 5.91 Å². The van der Waals surface area contributed by atoms with Crippen LogP contribution in [0.3, 0.4) is 0 Å². The molecule has 1 heterocycles. The number of nitrogens with two attached hydrogens (primary N) is 1. The monoisotopic (exact) mass is 354 g/mol. The predicted octanol–water partition coefficient (Wildman–Crippen LogP) is 3.25. The van der Waals surface area contributed by atoms with Crippen molar-refractivity contribution in [2.75, 3.05) is 19.7 Å². The molecule has 0 saturated carbocycles. The summed E-state index contributed by atoms with van der Waals surface area (Å²) in [6, 6.07) is 5.61. The van der Waals surface area contributed by atoms with Gasteiger partial charge in [-0.05, 0) is 31.9 Å². The number of nitrogens with zero attached hydrogens (tertiary/aromatic N) is 1. The zero-order valence-corrected chi connectivity index (χ0v) is 14.1. The van der Waals surface area contributed by atoms with Crippen LogP contribution in [0.5, 0.6) is 5.75 Å². The smallest absolute Gasteiger partial charge is 0.260 e. The lowest BCUT2D eigenvalue weighted by molar-refractivity contribution is -0.133. The van der Waals surface area contributed by atoms with Crippen molar-refractivity contribution in [2.24, 2.45) is 5.73 Å². The van der Waals surface area contributed by atoms with E-state index in [0.29, 0.717) is 5.75 Å². The number of ether oxygens (including phenoxy) is 1. The van der Waals surface area contributed by atoms with E-state index in [0.717, 1.165) is 36.0 Å². The van der Waals surface area contributed by atoms with Crippen molar-refractivity contribution >= 4 is 21.8 Å². The molecule has 116 valence electrons. The summed E-state index contributed by atoms with van der Waals surface area (Å²) in [6.07, 6.45) is 4.61. The van der Waals surface area contributed by atoms with E-state index in [1.165, 1.54) is 12.8 Å². The van der Waals surface area contributed by atoms with Gasteiger partial charge in [0, 0.05) is 29.2 Å². The van der Waals surface area contributed by atoms with Gasteiger partial charge in [-0.1, -0.05) is 34.8 Å². The van der Waals surface area contributed by atoms with Gasteiger partial charge in [0.1, 0.15) is 5.75 Å². The van der Waals surface area contributed by atoms with Crippen LogP contribution in [0.4, 0.5) is 0 Å². The third-order valence-electron chi connectivity index (χ3n) is 3.78. The number of benzene rings is 1. The second-order valence-electron chi connectivity index (χ2n) is 5.55. The highest BCUT2D eigenvalue weighted by Gasteiger charge is 2.17. The third-order valence-corrected chi connectivity index (χ3v) is 4.27. The van der Waals surface area contributed by atoms with Gasteiger partial charge in [-0.2, -0.15) is 0 Å². The van der Waals surface area contributed by atoms with E-state index in [2.05, 4.69) is 15.9 Å². The van der Waals surface area contributed by atoms with Crippen LogP contribution in [0.15, 0.2) is 22.7 Å². The van der Waals surface area contributed by atoms with E-state index in [-0.39, 0.29) is 18.6 Å². The van der Waals surface area contributed by atoms with Crippen LogP contribution in [-0.4, -0.2) is 30.5 Å². The van der Waals surface area contributed by atoms with Gasteiger partial charge in [0.15, 0.2) is 6.61 Å². The normalized spacial score (nSPS) is 17.2. The molecule has 1 saturated heterocycles. The lowest BCUT2D eigenvalue weighted by Gasteiger charge is -2.21. The zero-order chi connectivity index (χ0) is 15.2. The van der Waals surface area contributed by atoms with Crippen LogP contribution in [0.2, 0.25) is 0 Å². The van der Waals surface area contributed by atoms with Gasteiger partial charge in [-0.15, -0.1) is 0 Å². The fraction of sp³-hybridized carbons (Fsp3) is 0.562. The van der Waals surface area contributed by atoms with Crippen LogP contribution in [0.25, 0.3) is 0 Å². The van der Waals surface area contributed by atoms with E-state index >= 15 is 0 Å². The molecule has 2 rings (SSSR count). The summed E-state index contributed by atoms with van der Waals surface area (Å²) in [5.74, 6) is 0.745. The second-order valence-corrected chi connectivity index (χ2v) is 6.47. The Balaban J connectivity index is 1.98. The molecule has 0 unspecified atom stereocenters. The van der Waals surface area contributed by atoms with Gasteiger partial charge in [0.05, 0.1) is 0 Å². The van der Waals surface area contributed by atoms with E-state index < -0.39 is 0 Å². The van der Waals surface area contributed by atoms with Crippen LogP contribution >= 0.6 is 15.9 Å². The number of likely N-dealkylation sites (tertiary alicyclic amines) is 1. The lowest BCUT2D eigenvalue weighted by Crippen LogP contribution is -2.35. The average Bonchev–Trinajstić information content (AvgIpc) is 2.73. The largest absolute Gasteiger partial charge is 0.483 e. The van der Waals surface area contributed by atoms with Crippen molar-refractivity contribution < 1.29 is 9.53 Å². The van der Waals surface area contributed by atoms with Crippen molar-refractivity contribution in [1.29, 1.82) is 0 Å². The molecule has 1 amide bonds. The van der Waals surface area contributed by atoms with Crippen LogP contribution in [-0.2, 0) is 4.79 Å². The number of carbonyl (C=O) groups is 1. The Kier molecular flexibility index (Phi) is 6.06. The van der Waals surface area contributed by atoms with E-state index in [1.54, 1.807) is 0 Å². The Morgan fingerprint density at radius 2 is 2.00 bits per heavy atom. The van der Waals surface area contributed by atoms with Crippen molar-refractivity contribution in [2.45, 2.75) is 38.6 Å². The van der Waals surface area contributed by atoms with Gasteiger partial charge in [-0.3, -0.25) is 4.79 Å². The first-order valence-corrected chi connectivity index (χ1v) is 8.33. The first kappa shape index (κ1) is 16.3. The highest BCUT2D eigenvalue weighted by atomic mass is 79.9. The van der Waals surface area contributed by atoms with Gasteiger partial charge < -0.3 is 15.4 Å². The molecular weight excluding hydrogens is 332 g/mol. The van der Waals surface area contributed by atoms with E-state index in [9.17, 15) is 4.79 Å². The molecule has 0 aromatic heterocycles. The third kappa shape index (κ3) is 4.71. The Labute approximate surface area is 134 Å². The van der Waals surface area contributed by atoms with Gasteiger partial charge in [-0.25, -0.2) is 0 Å². The summed E-state index contributed by atoms with van der Waals surface area (Å²) >= 11 is 3.42. The number of halogens is 1. The van der Waals surface area contributed by atoms with Crippen molar-refractivity contribution in [3.8, 4) is 5.75 Å². The minimum Gasteiger partial charge on any atom is -0.483 e. The van der Waals surface area contributed by atoms with Crippen LogP contribution in [0, 0.1) is 0 Å². The first-order chi connectivity index (χ1) is 10.1. The summed E-state index contributed by atoms with van der Waals surface area (Å²) in [4.78, 5) is 14.2. The minimum atomic E-state index is -0.124. The highest BCUT2D eigenvalue weighted by molar-refractivity contribution is 9.10. The molecule has 1 atom stereocenters. The fourth-order valence-corrected chi connectivity index (χ4v) is 2.90. The molecule has 0 bridgehead atoms. The fourth-order valence-electron chi connectivity index (χ4n) is 2.56. The van der Waals surface area contributed by atoms with Crippen LogP contribution < -0.4 is 10.5 Å². The second kappa shape index (κ2) is 7.80. The quantitative estimate of drug-likeness (QED) is 0.902. The molecule has 0 spiro atoms. The number of carbonyl (C=O) groups excluding carboxylic acids is 1. The molecule has 4 nitrogen and oxygen atoms in total. The molecule has 21 heavy (non-hydrogen) atoms. The zero-order valence-electron chi connectivity index (χ0n) is 12.5. The van der Waals surface area contributed by atoms with E-state index in [1.807, 2.05) is 30.0 Å². The molecule has 0 aliphatic carbocycles. The molecular formula is C16H23BrN2O2. The van der Waals surface area contributed by atoms with E-state index in [4.69, 9.17) is 10.5 Å². The summed E-state index contributed by atoms with van der Waals surface area (Å²) in [6.45, 7) is 3.69. The standard InChI is InChI=1S/C16H23BrN2O2/c1-12(18)14-7-6-13(17)10-15(14)21-11-16(20)19-8-4-2-3-5-9-19/h6-7,10,12H,2-5,8-9,11,18H2,1H3/t12-/m1/s1. The first-order valence-electron chi connectivity index (χ1n) is 7.53. The Hall–Kier alpha value is -1.07. The van der Waals surface area contributed by atoms with Crippen molar-refractivity contribution in [3.05, 3.63) is 28.2 Å². The van der Waals surface area contributed by atoms with Crippen molar-refractivity contribution in [3.63, 3.8) is 0 Å². The molecule has 1 aliphatic heterocycles. The molecule has 1 fully saturated rings. The molecule has 5 heteroatoms. The van der Waals surface area contributed by atoms with Crippen molar-refractivity contribution in [1.82, 2.24) is 4.90 Å². The number of hydrogen-bond acceptors (Lipinski definition) is 3. The van der Waals surface area contributed by atoms with Gasteiger partial charge >= 0.3 is 0 Å². The number of hydrogen-bond donors (Lipinski definition) is 1. The van der Waals surface area contributed by atoms with Crippen LogP contribution in [0.1, 0.15) is 44.2 Å². The number of rotatable bonds is 4. The SMILES string of the molecule is C[C@@H](N)c1ccc(Br)cc1OCC(=O)N1CCCCCC1. The summed E-state index contributed by atoms with van der Waals surface area (Å²) < 4.78 is 6.65. The molecule has 0 radical (unpaired) electrons. The minimum absolute atomic E-state index is 0.0625. The maximum Gasteiger partial charge on any atom is 0.260 e. The molecule has 2 N–H and O–H groups in total. The maximum absolute atomic E-state index is 12.2. The molecule has 1 aromatic rings. The lowest BCUT2D eigenvalue weighted by atomic mass is 10.1. The Bertz CT molecular complexity index is 483. The summed E-state index contributed by atoms with van der Waals surface area (Å²) in [7, 11) is 0. The summed E-state index contributed by atoms with van der Waals surface area (Å²) in [5.41, 5.74) is 6.86. The Morgan fingerprint density at radius 1 is 1.33 bits per heavy atom. The van der Waals surface area contributed by atoms with Gasteiger partial charge in [0.2, 0.25) is 0 Å². The average molecular weight is 355 g/mol. The number of amides is 1. The Morgan fingerprint density at radius 3 is 2.62 bits per heavy atom. The predicted molar refractivity (Wildman–Crippen MR) is 87.3 cm³/mol.